The van der Waals surface area contributed by atoms with Crippen LogP contribution in [0.3, 0.4) is 0 Å². The van der Waals surface area contributed by atoms with Crippen LogP contribution in [0.5, 0.6) is 5.75 Å². The second kappa shape index (κ2) is 7.53. The number of rotatable bonds is 7. The van der Waals surface area contributed by atoms with E-state index in [1.54, 1.807) is 12.1 Å². The van der Waals surface area contributed by atoms with Crippen LogP contribution >= 0.6 is 0 Å². The summed E-state index contributed by atoms with van der Waals surface area (Å²) in [6, 6.07) is 6.06. The van der Waals surface area contributed by atoms with Crippen molar-refractivity contribution in [2.24, 2.45) is 0 Å². The number of methoxy groups -OCH3 is 1. The van der Waals surface area contributed by atoms with E-state index in [1.165, 1.54) is 7.11 Å². The molecular weight excluding hydrogens is 241 g/mol. The first-order valence-electron chi connectivity index (χ1n) is 6.80. The van der Waals surface area contributed by atoms with Crippen LogP contribution in [-0.2, 0) is 6.54 Å². The Balaban J connectivity index is 2.92. The summed E-state index contributed by atoms with van der Waals surface area (Å²) in [5.41, 5.74) is 1.48. The third-order valence-corrected chi connectivity index (χ3v) is 3.58. The van der Waals surface area contributed by atoms with Gasteiger partial charge in [-0.25, -0.2) is 0 Å². The molecule has 106 valence electrons. The Morgan fingerprint density at radius 3 is 2.47 bits per heavy atom. The largest absolute Gasteiger partial charge is 0.497 e. The Hall–Kier alpha value is -1.04. The molecule has 19 heavy (non-hydrogen) atoms. The smallest absolute Gasteiger partial charge is 0.492 e. The molecule has 0 radical (unpaired) electrons. The fourth-order valence-corrected chi connectivity index (χ4v) is 2.16. The van der Waals surface area contributed by atoms with E-state index in [9.17, 15) is 10.0 Å². The first kappa shape index (κ1) is 16.0. The van der Waals surface area contributed by atoms with Crippen molar-refractivity contribution < 1.29 is 14.8 Å². The Morgan fingerprint density at radius 2 is 2.00 bits per heavy atom. The predicted molar refractivity (Wildman–Crippen MR) is 78.7 cm³/mol. The molecule has 1 atom stereocenters. The lowest BCUT2D eigenvalue weighted by Gasteiger charge is -2.27. The molecule has 1 aromatic carbocycles. The third-order valence-electron chi connectivity index (χ3n) is 3.58. The standard InChI is InChI=1S/C14H24BNO3/c1-5-11(3)16(6-2)10-12-7-8-14(19-4)13(9-12)15(17)18/h7-9,11,17-18H,5-6,10H2,1-4H3. The van der Waals surface area contributed by atoms with Gasteiger partial charge in [0.1, 0.15) is 5.75 Å². The minimum Gasteiger partial charge on any atom is -0.497 e. The molecule has 0 saturated carbocycles. The maximum Gasteiger partial charge on any atom is 0.492 e. The maximum atomic E-state index is 9.37. The quantitative estimate of drug-likeness (QED) is 0.722. The molecule has 0 aliphatic rings. The van der Waals surface area contributed by atoms with Gasteiger partial charge in [-0.05, 0) is 31.5 Å². The summed E-state index contributed by atoms with van der Waals surface area (Å²) >= 11 is 0. The molecule has 0 fully saturated rings. The molecule has 0 aliphatic carbocycles. The van der Waals surface area contributed by atoms with E-state index in [0.717, 1.165) is 25.1 Å². The van der Waals surface area contributed by atoms with Gasteiger partial charge in [0.2, 0.25) is 0 Å². The van der Waals surface area contributed by atoms with Crippen LogP contribution < -0.4 is 10.2 Å². The van der Waals surface area contributed by atoms with E-state index < -0.39 is 7.12 Å². The fraction of sp³-hybridized carbons (Fsp3) is 0.571. The van der Waals surface area contributed by atoms with Gasteiger partial charge in [-0.15, -0.1) is 0 Å². The van der Waals surface area contributed by atoms with Gasteiger partial charge in [-0.3, -0.25) is 4.90 Å². The van der Waals surface area contributed by atoms with Crippen LogP contribution in [0.25, 0.3) is 0 Å². The minimum absolute atomic E-state index is 0.417. The highest BCUT2D eigenvalue weighted by atomic mass is 16.5. The van der Waals surface area contributed by atoms with Gasteiger partial charge in [0.05, 0.1) is 7.11 Å². The van der Waals surface area contributed by atoms with E-state index in [-0.39, 0.29) is 0 Å². The minimum atomic E-state index is -1.51. The van der Waals surface area contributed by atoms with Crippen LogP contribution in [0.1, 0.15) is 32.8 Å². The molecular formula is C14H24BNO3. The Labute approximate surface area is 116 Å². The summed E-state index contributed by atoms with van der Waals surface area (Å²) in [4.78, 5) is 2.36. The van der Waals surface area contributed by atoms with E-state index >= 15 is 0 Å². The van der Waals surface area contributed by atoms with Crippen molar-refractivity contribution >= 4 is 12.6 Å². The second-order valence-corrected chi connectivity index (χ2v) is 4.77. The normalized spacial score (nSPS) is 12.6. The van der Waals surface area contributed by atoms with Gasteiger partial charge < -0.3 is 14.8 Å². The van der Waals surface area contributed by atoms with E-state index in [1.807, 2.05) is 6.07 Å². The van der Waals surface area contributed by atoms with E-state index in [0.29, 0.717) is 17.3 Å². The van der Waals surface area contributed by atoms with Crippen molar-refractivity contribution in [2.45, 2.75) is 39.8 Å². The maximum absolute atomic E-state index is 9.37. The molecule has 0 amide bonds. The van der Waals surface area contributed by atoms with Crippen molar-refractivity contribution in [1.29, 1.82) is 0 Å². The van der Waals surface area contributed by atoms with E-state index in [4.69, 9.17) is 4.74 Å². The molecule has 0 aromatic heterocycles. The molecule has 2 N–H and O–H groups in total. The SMILES string of the molecule is CCC(C)N(CC)Cc1ccc(OC)c(B(O)O)c1. The Morgan fingerprint density at radius 1 is 1.32 bits per heavy atom. The average molecular weight is 265 g/mol. The van der Waals surface area contributed by atoms with Gasteiger partial charge in [-0.1, -0.05) is 26.0 Å². The van der Waals surface area contributed by atoms with Gasteiger partial charge in [0.25, 0.3) is 0 Å². The molecule has 0 saturated heterocycles. The highest BCUT2D eigenvalue weighted by molar-refractivity contribution is 6.59. The number of benzene rings is 1. The first-order chi connectivity index (χ1) is 9.03. The number of ether oxygens (including phenoxy) is 1. The van der Waals surface area contributed by atoms with Gasteiger partial charge in [0.15, 0.2) is 0 Å². The fourth-order valence-electron chi connectivity index (χ4n) is 2.16. The third kappa shape index (κ3) is 4.23. The monoisotopic (exact) mass is 265 g/mol. The van der Waals surface area contributed by atoms with Crippen molar-refractivity contribution in [2.75, 3.05) is 13.7 Å². The van der Waals surface area contributed by atoms with Gasteiger partial charge >= 0.3 is 7.12 Å². The first-order valence-corrected chi connectivity index (χ1v) is 6.80. The van der Waals surface area contributed by atoms with Crippen LogP contribution in [-0.4, -0.2) is 41.8 Å². The summed E-state index contributed by atoms with van der Waals surface area (Å²) in [5, 5.41) is 18.7. The Kier molecular flexibility index (Phi) is 6.35. The van der Waals surface area contributed by atoms with Crippen LogP contribution in [0, 0.1) is 0 Å². The van der Waals surface area contributed by atoms with Crippen LogP contribution in [0.4, 0.5) is 0 Å². The molecule has 0 bridgehead atoms. The summed E-state index contributed by atoms with van der Waals surface area (Å²) in [7, 11) is 0.0202. The highest BCUT2D eigenvalue weighted by Crippen LogP contribution is 2.14. The van der Waals surface area contributed by atoms with Crippen LogP contribution in [0.15, 0.2) is 18.2 Å². The topological polar surface area (TPSA) is 52.9 Å². The molecule has 1 rings (SSSR count). The predicted octanol–water partition coefficient (Wildman–Crippen LogP) is 0.995. The molecule has 4 nitrogen and oxygen atoms in total. The lowest BCUT2D eigenvalue weighted by molar-refractivity contribution is 0.206. The zero-order valence-electron chi connectivity index (χ0n) is 12.3. The second-order valence-electron chi connectivity index (χ2n) is 4.77. The lowest BCUT2D eigenvalue weighted by Crippen LogP contribution is -2.34. The van der Waals surface area contributed by atoms with Crippen LogP contribution in [0.2, 0.25) is 0 Å². The zero-order chi connectivity index (χ0) is 14.4. The average Bonchev–Trinajstić information content (AvgIpc) is 2.43. The molecule has 0 spiro atoms. The highest BCUT2D eigenvalue weighted by Gasteiger charge is 2.18. The van der Waals surface area contributed by atoms with Crippen molar-refractivity contribution in [3.05, 3.63) is 23.8 Å². The molecule has 0 aliphatic heterocycles. The van der Waals surface area contributed by atoms with Crippen molar-refractivity contribution in [1.82, 2.24) is 4.90 Å². The summed E-state index contributed by atoms with van der Waals surface area (Å²) in [6.07, 6.45) is 1.10. The van der Waals surface area contributed by atoms with Gasteiger partial charge in [0, 0.05) is 18.0 Å². The summed E-state index contributed by atoms with van der Waals surface area (Å²) in [6.45, 7) is 8.28. The van der Waals surface area contributed by atoms with Crippen molar-refractivity contribution in [3.63, 3.8) is 0 Å². The number of hydrogen-bond acceptors (Lipinski definition) is 4. The zero-order valence-corrected chi connectivity index (χ0v) is 12.3. The number of nitrogens with zero attached hydrogens (tertiary/aromatic N) is 1. The molecule has 0 heterocycles. The molecule has 5 heteroatoms. The van der Waals surface area contributed by atoms with E-state index in [2.05, 4.69) is 25.7 Å². The number of hydrogen-bond donors (Lipinski definition) is 2. The summed E-state index contributed by atoms with van der Waals surface area (Å²) in [5.74, 6) is 0.505. The molecule has 1 aromatic rings. The lowest BCUT2D eigenvalue weighted by atomic mass is 9.78. The Bertz CT molecular complexity index is 398. The summed E-state index contributed by atoms with van der Waals surface area (Å²) < 4.78 is 5.13. The van der Waals surface area contributed by atoms with Crippen molar-refractivity contribution in [3.8, 4) is 5.75 Å². The van der Waals surface area contributed by atoms with Gasteiger partial charge in [-0.2, -0.15) is 0 Å². The molecule has 1 unspecified atom stereocenters.